The SMILES string of the molecule is CN1C(=O)/C(=C/c2ccc(-c3ccccc3[N+](=O)[O-])o2)SC1=Nc1cccc(C(=O)O)c1. The molecule has 1 aromatic heterocycles. The number of aliphatic imine (C=N–C) groups is 1. The molecule has 1 aliphatic rings. The first-order valence-corrected chi connectivity index (χ1v) is 10.1. The third-order valence-electron chi connectivity index (χ3n) is 4.59. The van der Waals surface area contributed by atoms with Gasteiger partial charge in [0, 0.05) is 19.2 Å². The van der Waals surface area contributed by atoms with Gasteiger partial charge < -0.3 is 9.52 Å². The van der Waals surface area contributed by atoms with Crippen LogP contribution >= 0.6 is 11.8 Å². The van der Waals surface area contributed by atoms with Gasteiger partial charge in [-0.25, -0.2) is 9.79 Å². The van der Waals surface area contributed by atoms with E-state index in [1.165, 1.54) is 29.2 Å². The molecule has 1 amide bonds. The van der Waals surface area contributed by atoms with Crippen molar-refractivity contribution < 1.29 is 24.0 Å². The molecule has 0 saturated carbocycles. The number of rotatable bonds is 5. The maximum Gasteiger partial charge on any atom is 0.335 e. The van der Waals surface area contributed by atoms with E-state index in [1.54, 1.807) is 49.5 Å². The number of aromatic carboxylic acids is 1. The lowest BCUT2D eigenvalue weighted by Gasteiger charge is -2.07. The van der Waals surface area contributed by atoms with Crippen LogP contribution in [0.15, 0.2) is 75.0 Å². The fourth-order valence-electron chi connectivity index (χ4n) is 3.02. The molecule has 1 N–H and O–H groups in total. The number of para-hydroxylation sites is 1. The standard InChI is InChI=1S/C22H15N3O6S/c1-24-20(26)19(32-22(24)23-14-6-4-5-13(11-14)21(27)28)12-15-9-10-18(31-15)16-7-2-3-8-17(16)25(29)30/h2-12H,1H3,(H,27,28)/b19-12-,23-22?. The van der Waals surface area contributed by atoms with Crippen LogP contribution in [0.1, 0.15) is 16.1 Å². The highest BCUT2D eigenvalue weighted by atomic mass is 32.2. The topological polar surface area (TPSA) is 126 Å². The summed E-state index contributed by atoms with van der Waals surface area (Å²) in [7, 11) is 1.57. The highest BCUT2D eigenvalue weighted by molar-refractivity contribution is 8.18. The quantitative estimate of drug-likeness (QED) is 0.337. The van der Waals surface area contributed by atoms with Crippen molar-refractivity contribution in [2.24, 2.45) is 4.99 Å². The van der Waals surface area contributed by atoms with E-state index in [0.717, 1.165) is 11.8 Å². The monoisotopic (exact) mass is 449 g/mol. The van der Waals surface area contributed by atoms with E-state index < -0.39 is 10.9 Å². The van der Waals surface area contributed by atoms with Gasteiger partial charge in [-0.2, -0.15) is 0 Å². The average Bonchev–Trinajstić information content (AvgIpc) is 3.35. The Kier molecular flexibility index (Phi) is 5.61. The zero-order chi connectivity index (χ0) is 22.8. The number of nitro benzene ring substituents is 1. The van der Waals surface area contributed by atoms with Crippen LogP contribution in [0.25, 0.3) is 17.4 Å². The Balaban J connectivity index is 1.61. The van der Waals surface area contributed by atoms with E-state index in [4.69, 9.17) is 9.52 Å². The summed E-state index contributed by atoms with van der Waals surface area (Å²) in [4.78, 5) is 40.7. The molecule has 0 spiro atoms. The van der Waals surface area contributed by atoms with Crippen molar-refractivity contribution in [3.63, 3.8) is 0 Å². The summed E-state index contributed by atoms with van der Waals surface area (Å²) >= 11 is 1.12. The van der Waals surface area contributed by atoms with E-state index in [2.05, 4.69) is 4.99 Å². The molecule has 1 aliphatic heterocycles. The first-order chi connectivity index (χ1) is 15.3. The number of benzene rings is 2. The van der Waals surface area contributed by atoms with Gasteiger partial charge in [-0.1, -0.05) is 18.2 Å². The highest BCUT2D eigenvalue weighted by Gasteiger charge is 2.31. The molecular formula is C22H15N3O6S. The Morgan fingerprint density at radius 2 is 1.97 bits per heavy atom. The predicted molar refractivity (Wildman–Crippen MR) is 120 cm³/mol. The second-order valence-electron chi connectivity index (χ2n) is 6.70. The van der Waals surface area contributed by atoms with Crippen molar-refractivity contribution in [3.05, 3.63) is 87.0 Å². The number of hydrogen-bond acceptors (Lipinski definition) is 7. The van der Waals surface area contributed by atoms with Gasteiger partial charge in [-0.05, 0) is 48.2 Å². The number of amidine groups is 1. The van der Waals surface area contributed by atoms with Gasteiger partial charge in [-0.15, -0.1) is 0 Å². The lowest BCUT2D eigenvalue weighted by atomic mass is 10.1. The molecule has 0 aliphatic carbocycles. The first kappa shape index (κ1) is 21.1. The van der Waals surface area contributed by atoms with E-state index in [0.29, 0.717) is 32.8 Å². The van der Waals surface area contributed by atoms with E-state index in [9.17, 15) is 19.7 Å². The number of nitro groups is 1. The minimum Gasteiger partial charge on any atom is -0.478 e. The molecule has 2 heterocycles. The Bertz CT molecular complexity index is 1310. The lowest BCUT2D eigenvalue weighted by Crippen LogP contribution is -2.23. The van der Waals surface area contributed by atoms with Crippen LogP contribution in [0, 0.1) is 10.1 Å². The predicted octanol–water partition coefficient (Wildman–Crippen LogP) is 4.79. The molecule has 0 atom stereocenters. The van der Waals surface area contributed by atoms with Crippen molar-refractivity contribution in [3.8, 4) is 11.3 Å². The molecule has 0 bridgehead atoms. The second-order valence-corrected chi connectivity index (χ2v) is 7.71. The Morgan fingerprint density at radius 3 is 2.72 bits per heavy atom. The third kappa shape index (κ3) is 4.16. The molecule has 3 aromatic rings. The smallest absolute Gasteiger partial charge is 0.335 e. The summed E-state index contributed by atoms with van der Waals surface area (Å²) in [6.07, 6.45) is 1.54. The number of thioether (sulfide) groups is 1. The molecule has 10 heteroatoms. The second kappa shape index (κ2) is 8.52. The van der Waals surface area contributed by atoms with Gasteiger partial charge in [-0.3, -0.25) is 19.8 Å². The van der Waals surface area contributed by atoms with Crippen molar-refractivity contribution in [1.29, 1.82) is 0 Å². The summed E-state index contributed by atoms with van der Waals surface area (Å²) in [5.41, 5.74) is 0.762. The van der Waals surface area contributed by atoms with E-state index in [-0.39, 0.29) is 17.2 Å². The number of carbonyl (C=O) groups is 2. The molecule has 0 unspecified atom stereocenters. The van der Waals surface area contributed by atoms with Crippen LogP contribution < -0.4 is 0 Å². The zero-order valence-corrected chi connectivity index (χ0v) is 17.4. The molecule has 9 nitrogen and oxygen atoms in total. The number of carboxylic acid groups (broad SMARTS) is 1. The van der Waals surface area contributed by atoms with E-state index in [1.807, 2.05) is 0 Å². The van der Waals surface area contributed by atoms with Gasteiger partial charge in [0.25, 0.3) is 11.6 Å². The molecule has 160 valence electrons. The van der Waals surface area contributed by atoms with Crippen LogP contribution in [0.4, 0.5) is 11.4 Å². The van der Waals surface area contributed by atoms with Crippen molar-refractivity contribution in [2.45, 2.75) is 0 Å². The zero-order valence-electron chi connectivity index (χ0n) is 16.6. The van der Waals surface area contributed by atoms with Gasteiger partial charge >= 0.3 is 5.97 Å². The van der Waals surface area contributed by atoms with Crippen molar-refractivity contribution >= 4 is 46.3 Å². The summed E-state index contributed by atoms with van der Waals surface area (Å²) in [5, 5.41) is 20.8. The summed E-state index contributed by atoms with van der Waals surface area (Å²) in [5.74, 6) is -0.695. The summed E-state index contributed by atoms with van der Waals surface area (Å²) in [6, 6.07) is 15.6. The molecule has 0 radical (unpaired) electrons. The lowest BCUT2D eigenvalue weighted by molar-refractivity contribution is -0.384. The van der Waals surface area contributed by atoms with Gasteiger partial charge in [0.15, 0.2) is 5.17 Å². The van der Waals surface area contributed by atoms with Crippen LogP contribution in [0.3, 0.4) is 0 Å². The number of carboxylic acids is 1. The van der Waals surface area contributed by atoms with Gasteiger partial charge in [0.2, 0.25) is 0 Å². The summed E-state index contributed by atoms with van der Waals surface area (Å²) < 4.78 is 5.73. The van der Waals surface area contributed by atoms with Gasteiger partial charge in [0.1, 0.15) is 11.5 Å². The van der Waals surface area contributed by atoms with Gasteiger partial charge in [0.05, 0.1) is 26.6 Å². The number of hydrogen-bond donors (Lipinski definition) is 1. The number of amides is 1. The summed E-state index contributed by atoms with van der Waals surface area (Å²) in [6.45, 7) is 0. The number of nitrogens with zero attached hydrogens (tertiary/aromatic N) is 3. The van der Waals surface area contributed by atoms with E-state index >= 15 is 0 Å². The fourth-order valence-corrected chi connectivity index (χ4v) is 3.98. The van der Waals surface area contributed by atoms with Crippen LogP contribution in [-0.4, -0.2) is 39.0 Å². The maximum atomic E-state index is 12.6. The maximum absolute atomic E-state index is 12.6. The molecule has 1 saturated heterocycles. The number of furan rings is 1. The van der Waals surface area contributed by atoms with Crippen LogP contribution in [0.2, 0.25) is 0 Å². The molecule has 4 rings (SSSR count). The third-order valence-corrected chi connectivity index (χ3v) is 5.65. The Labute approximate surface area is 185 Å². The first-order valence-electron chi connectivity index (χ1n) is 9.27. The minimum absolute atomic E-state index is 0.0786. The largest absolute Gasteiger partial charge is 0.478 e. The number of likely N-dealkylation sites (N-methyl/N-ethyl adjacent to an activating group) is 1. The average molecular weight is 449 g/mol. The fraction of sp³-hybridized carbons (Fsp3) is 0.0455. The highest BCUT2D eigenvalue weighted by Crippen LogP contribution is 2.35. The molecule has 1 fully saturated rings. The Hall–Kier alpha value is -4.18. The minimum atomic E-state index is -1.07. The molecule has 32 heavy (non-hydrogen) atoms. The normalized spacial score (nSPS) is 16.2. The van der Waals surface area contributed by atoms with Crippen molar-refractivity contribution in [1.82, 2.24) is 4.90 Å². The van der Waals surface area contributed by atoms with Crippen LogP contribution in [-0.2, 0) is 4.79 Å². The molecular weight excluding hydrogens is 434 g/mol. The van der Waals surface area contributed by atoms with Crippen molar-refractivity contribution in [2.75, 3.05) is 7.05 Å². The Morgan fingerprint density at radius 1 is 1.19 bits per heavy atom. The molecule has 2 aromatic carbocycles. The number of carbonyl (C=O) groups excluding carboxylic acids is 1. The van der Waals surface area contributed by atoms with Crippen LogP contribution in [0.5, 0.6) is 0 Å².